The monoisotopic (exact) mass is 491 g/mol. The molecular formula is C22H26IN3S. The summed E-state index contributed by atoms with van der Waals surface area (Å²) in [7, 11) is 0. The Morgan fingerprint density at radius 2 is 1.89 bits per heavy atom. The fraction of sp³-hybridized carbons (Fsp3) is 0.455. The first-order valence-electron chi connectivity index (χ1n) is 9.57. The summed E-state index contributed by atoms with van der Waals surface area (Å²) in [4.78, 5) is 11.8. The summed E-state index contributed by atoms with van der Waals surface area (Å²) in [5.41, 5.74) is 6.19. The van der Waals surface area contributed by atoms with Crippen LogP contribution in [-0.2, 0) is 9.97 Å². The molecule has 0 amide bonds. The van der Waals surface area contributed by atoms with Gasteiger partial charge in [-0.15, -0.1) is 11.3 Å². The topological polar surface area (TPSA) is 29.0 Å². The number of halogens is 1. The zero-order chi connectivity index (χ0) is 19.2. The van der Waals surface area contributed by atoms with E-state index in [-0.39, 0.29) is 3.55 Å². The van der Waals surface area contributed by atoms with Crippen LogP contribution < -0.4 is 0 Å². The van der Waals surface area contributed by atoms with Crippen molar-refractivity contribution in [2.24, 2.45) is 5.92 Å². The lowest BCUT2D eigenvalue weighted by molar-refractivity contribution is 0.236. The van der Waals surface area contributed by atoms with Gasteiger partial charge in [0.2, 0.25) is 0 Å². The minimum atomic E-state index is 0.00228. The number of hydrogen-bond donors (Lipinski definition) is 0. The summed E-state index contributed by atoms with van der Waals surface area (Å²) in [6.45, 7) is 10.9. The van der Waals surface area contributed by atoms with Gasteiger partial charge in [-0.05, 0) is 81.8 Å². The number of aryl methyl sites for hydroxylation is 3. The van der Waals surface area contributed by atoms with E-state index in [0.29, 0.717) is 5.92 Å². The number of benzene rings is 1. The number of fused-ring (bicyclic) bond motifs is 1. The highest BCUT2D eigenvalue weighted by Crippen LogP contribution is 2.41. The second-order valence-corrected chi connectivity index (χ2v) is 11.3. The third-order valence-electron chi connectivity index (χ3n) is 5.57. The smallest absolute Gasteiger partial charge is 0.0957 e. The van der Waals surface area contributed by atoms with Gasteiger partial charge in [-0.3, -0.25) is 9.88 Å². The van der Waals surface area contributed by atoms with Crippen molar-refractivity contribution >= 4 is 44.1 Å². The van der Waals surface area contributed by atoms with Crippen LogP contribution in [0.4, 0.5) is 0 Å². The molecule has 0 saturated carbocycles. The molecule has 1 fully saturated rings. The number of alkyl halides is 1. The molecular weight excluding hydrogens is 465 g/mol. The van der Waals surface area contributed by atoms with Gasteiger partial charge in [0.15, 0.2) is 0 Å². The molecule has 1 aromatic carbocycles. The Bertz CT molecular complexity index is 959. The Hall–Kier alpha value is -1.05. The van der Waals surface area contributed by atoms with E-state index in [0.717, 1.165) is 41.4 Å². The predicted octanol–water partition coefficient (Wildman–Crippen LogP) is 5.79. The summed E-state index contributed by atoms with van der Waals surface area (Å²) >= 11 is 4.40. The predicted molar refractivity (Wildman–Crippen MR) is 123 cm³/mol. The number of thiazole rings is 1. The van der Waals surface area contributed by atoms with Crippen molar-refractivity contribution in [1.29, 1.82) is 0 Å². The number of hydrogen-bond acceptors (Lipinski definition) is 4. The molecule has 1 aliphatic heterocycles. The van der Waals surface area contributed by atoms with Crippen LogP contribution in [0.5, 0.6) is 0 Å². The molecule has 4 rings (SSSR count). The summed E-state index contributed by atoms with van der Waals surface area (Å²) in [6.07, 6.45) is 2.41. The Balaban J connectivity index is 1.50. The summed E-state index contributed by atoms with van der Waals surface area (Å²) in [5.74, 6) is 0.713. The van der Waals surface area contributed by atoms with Crippen LogP contribution in [0.1, 0.15) is 40.9 Å². The maximum Gasteiger partial charge on any atom is 0.0957 e. The van der Waals surface area contributed by atoms with Gasteiger partial charge in [-0.1, -0.05) is 28.7 Å². The van der Waals surface area contributed by atoms with Crippen molar-refractivity contribution in [2.45, 2.75) is 44.1 Å². The number of likely N-dealkylation sites (tertiary alicyclic amines) is 1. The average molecular weight is 491 g/mol. The highest BCUT2D eigenvalue weighted by atomic mass is 127. The molecule has 0 aliphatic carbocycles. The largest absolute Gasteiger partial charge is 0.285 e. The van der Waals surface area contributed by atoms with E-state index >= 15 is 0 Å². The van der Waals surface area contributed by atoms with E-state index in [1.54, 1.807) is 11.3 Å². The minimum absolute atomic E-state index is 0.00228. The molecule has 0 spiro atoms. The lowest BCUT2D eigenvalue weighted by Gasteiger charge is -2.34. The van der Waals surface area contributed by atoms with E-state index in [4.69, 9.17) is 4.98 Å². The lowest BCUT2D eigenvalue weighted by atomic mass is 9.98. The molecule has 3 heterocycles. The number of rotatable bonds is 4. The van der Waals surface area contributed by atoms with Crippen molar-refractivity contribution in [2.75, 3.05) is 13.1 Å². The Labute approximate surface area is 179 Å². The maximum atomic E-state index is 4.69. The van der Waals surface area contributed by atoms with Crippen molar-refractivity contribution in [3.05, 3.63) is 57.9 Å². The van der Waals surface area contributed by atoms with Crippen LogP contribution in [0, 0.1) is 26.7 Å². The first kappa shape index (κ1) is 19.3. The Morgan fingerprint density at radius 3 is 2.63 bits per heavy atom. The van der Waals surface area contributed by atoms with Crippen LogP contribution >= 0.6 is 33.9 Å². The number of nitrogens with zero attached hydrogens (tertiary/aromatic N) is 3. The molecule has 3 nitrogen and oxygen atoms in total. The molecule has 1 unspecified atom stereocenters. The maximum absolute atomic E-state index is 4.69. The Morgan fingerprint density at radius 1 is 1.15 bits per heavy atom. The fourth-order valence-electron chi connectivity index (χ4n) is 4.26. The number of pyridine rings is 1. The van der Waals surface area contributed by atoms with Gasteiger partial charge in [-0.2, -0.15) is 0 Å². The van der Waals surface area contributed by atoms with Crippen molar-refractivity contribution in [3.8, 4) is 0 Å². The number of aromatic nitrogens is 2. The highest BCUT2D eigenvalue weighted by molar-refractivity contribution is 14.1. The van der Waals surface area contributed by atoms with Gasteiger partial charge < -0.3 is 0 Å². The SMILES string of the molecule is Cc1cc(CC2CCN([C@@](C)(I)c3ccc4sc(C)nc4c3)C2)cc(C)n1. The normalized spacial score (nSPS) is 20.3. The molecule has 0 bridgehead atoms. The van der Waals surface area contributed by atoms with E-state index in [1.807, 2.05) is 0 Å². The van der Waals surface area contributed by atoms with Crippen molar-refractivity contribution in [1.82, 2.24) is 14.9 Å². The standard InChI is InChI=1S/C22H26IN3S/c1-14-9-18(10-15(2)24-14)11-17-7-8-26(13-17)22(4,23)19-5-6-21-20(12-19)25-16(3)27-21/h5-6,9-10,12,17H,7-8,11,13H2,1-4H3/t17?,22-/m1/s1. The first-order valence-corrected chi connectivity index (χ1v) is 11.5. The van der Waals surface area contributed by atoms with Crippen molar-refractivity contribution in [3.63, 3.8) is 0 Å². The molecule has 27 heavy (non-hydrogen) atoms. The molecule has 1 saturated heterocycles. The van der Waals surface area contributed by atoms with Crippen LogP contribution in [-0.4, -0.2) is 28.0 Å². The van der Waals surface area contributed by atoms with Crippen LogP contribution in [0.3, 0.4) is 0 Å². The van der Waals surface area contributed by atoms with Crippen LogP contribution in [0.25, 0.3) is 10.2 Å². The molecule has 3 aromatic rings. The van der Waals surface area contributed by atoms with E-state index < -0.39 is 0 Å². The molecule has 2 aromatic heterocycles. The zero-order valence-electron chi connectivity index (χ0n) is 16.4. The molecule has 0 radical (unpaired) electrons. The summed E-state index contributed by atoms with van der Waals surface area (Å²) in [5, 5.41) is 1.14. The molecule has 5 heteroatoms. The summed E-state index contributed by atoms with van der Waals surface area (Å²) in [6, 6.07) is 11.3. The van der Waals surface area contributed by atoms with Gasteiger partial charge >= 0.3 is 0 Å². The molecule has 0 N–H and O–H groups in total. The van der Waals surface area contributed by atoms with E-state index in [2.05, 4.69) is 90.5 Å². The highest BCUT2D eigenvalue weighted by Gasteiger charge is 2.36. The second kappa shape index (κ2) is 7.41. The minimum Gasteiger partial charge on any atom is -0.285 e. The third kappa shape index (κ3) is 4.05. The van der Waals surface area contributed by atoms with Gasteiger partial charge in [0.05, 0.1) is 18.8 Å². The molecule has 142 valence electrons. The zero-order valence-corrected chi connectivity index (χ0v) is 19.4. The molecule has 2 atom stereocenters. The third-order valence-corrected chi connectivity index (χ3v) is 7.82. The average Bonchev–Trinajstić information content (AvgIpc) is 3.18. The lowest BCUT2D eigenvalue weighted by Crippen LogP contribution is -2.37. The van der Waals surface area contributed by atoms with E-state index in [1.165, 1.54) is 22.2 Å². The van der Waals surface area contributed by atoms with E-state index in [9.17, 15) is 0 Å². The molecule has 1 aliphatic rings. The first-order chi connectivity index (χ1) is 12.8. The van der Waals surface area contributed by atoms with Gasteiger partial charge in [0.1, 0.15) is 0 Å². The van der Waals surface area contributed by atoms with Crippen LogP contribution in [0.2, 0.25) is 0 Å². The van der Waals surface area contributed by atoms with Gasteiger partial charge in [0, 0.05) is 24.5 Å². The second-order valence-electron chi connectivity index (χ2n) is 7.93. The van der Waals surface area contributed by atoms with Gasteiger partial charge in [0.25, 0.3) is 0 Å². The summed E-state index contributed by atoms with van der Waals surface area (Å²) < 4.78 is 1.29. The fourth-order valence-corrected chi connectivity index (χ4v) is 5.84. The van der Waals surface area contributed by atoms with Gasteiger partial charge in [-0.25, -0.2) is 4.98 Å². The Kier molecular flexibility index (Phi) is 5.29. The van der Waals surface area contributed by atoms with Crippen LogP contribution in [0.15, 0.2) is 30.3 Å². The quantitative estimate of drug-likeness (QED) is 0.263. The van der Waals surface area contributed by atoms with Crippen molar-refractivity contribution < 1.29 is 0 Å².